The lowest BCUT2D eigenvalue weighted by Crippen LogP contribution is -2.83. The number of nitrogens with zero attached hydrogens (tertiary/aromatic N) is 1. The third-order valence-corrected chi connectivity index (χ3v) is 9.58. The number of carbonyl (C=O) groups is 5. The van der Waals surface area contributed by atoms with Gasteiger partial charge in [0.15, 0.2) is 11.7 Å². The molecule has 1 aromatic heterocycles. The highest BCUT2D eigenvalue weighted by molar-refractivity contribution is 5.90. The van der Waals surface area contributed by atoms with E-state index in [1.807, 2.05) is 0 Å². The van der Waals surface area contributed by atoms with E-state index in [0.29, 0.717) is 0 Å². The number of aromatic nitrogens is 1. The van der Waals surface area contributed by atoms with Gasteiger partial charge in [0, 0.05) is 45.5 Å². The molecule has 2 aromatic rings. The average Bonchev–Trinajstić information content (AvgIpc) is 3.16. The normalized spacial score (nSPS) is 33.5. The van der Waals surface area contributed by atoms with E-state index in [9.17, 15) is 29.1 Å². The number of pyridine rings is 1. The van der Waals surface area contributed by atoms with Crippen LogP contribution in [0.5, 0.6) is 0 Å². The third kappa shape index (κ3) is 5.75. The van der Waals surface area contributed by atoms with Crippen molar-refractivity contribution < 1.29 is 57.5 Å². The molecule has 3 fully saturated rings. The van der Waals surface area contributed by atoms with Gasteiger partial charge in [-0.25, -0.2) is 9.59 Å². The van der Waals surface area contributed by atoms with Crippen LogP contribution in [-0.4, -0.2) is 87.8 Å². The second-order valence-corrected chi connectivity index (χ2v) is 13.1. The summed E-state index contributed by atoms with van der Waals surface area (Å²) in [6, 6.07) is 11.1. The molecule has 3 aliphatic rings. The molecule has 1 aromatic carbocycles. The Labute approximate surface area is 271 Å². The zero-order valence-electron chi connectivity index (χ0n) is 27.1. The maximum absolute atomic E-state index is 13.8. The van der Waals surface area contributed by atoms with Crippen LogP contribution in [0.1, 0.15) is 75.1 Å². The number of carbonyl (C=O) groups excluding carboxylic acids is 5. The average molecular weight is 654 g/mol. The van der Waals surface area contributed by atoms with Gasteiger partial charge in [0.2, 0.25) is 0 Å². The van der Waals surface area contributed by atoms with Crippen molar-refractivity contribution in [2.24, 2.45) is 11.3 Å². The number of esters is 5. The molecule has 0 unspecified atom stereocenters. The summed E-state index contributed by atoms with van der Waals surface area (Å²) in [6.45, 7) is 7.76. The number of rotatable bonds is 8. The minimum atomic E-state index is -2.05. The Morgan fingerprint density at radius 2 is 1.47 bits per heavy atom. The first kappa shape index (κ1) is 34.0. The maximum Gasteiger partial charge on any atom is 0.340 e. The second kappa shape index (κ2) is 12.3. The topological polar surface area (TPSA) is 174 Å². The Morgan fingerprint density at radius 1 is 0.830 bits per heavy atom. The fraction of sp³-hybridized carbons (Fsp3) is 0.529. The maximum atomic E-state index is 13.8. The molecule has 1 N–H and O–H groups in total. The molecule has 1 aliphatic heterocycles. The van der Waals surface area contributed by atoms with Gasteiger partial charge in [-0.15, -0.1) is 0 Å². The molecule has 8 atom stereocenters. The Kier molecular flexibility index (Phi) is 8.93. The highest BCUT2D eigenvalue weighted by Crippen LogP contribution is 2.69. The fourth-order valence-corrected chi connectivity index (χ4v) is 7.87. The van der Waals surface area contributed by atoms with Crippen LogP contribution in [-0.2, 0) is 42.8 Å². The molecule has 5 rings (SSSR count). The fourth-order valence-electron chi connectivity index (χ4n) is 7.87. The lowest BCUT2D eigenvalue weighted by atomic mass is 9.46. The van der Waals surface area contributed by atoms with Crippen molar-refractivity contribution in [2.45, 2.75) is 95.6 Å². The van der Waals surface area contributed by atoms with Crippen molar-refractivity contribution in [3.63, 3.8) is 0 Å². The SMILES string of the molecule is CC(=O)OC[C@]12[C@@H](OC(=O)c3ccccc3)C[C@@H]3[C@@H](OC(C)=O)[C@]1(OC3(C)C)[C@@](C)(O)C[C@H](OC(C)=O)[C@@H]2OC(=O)c1cccnc1. The summed E-state index contributed by atoms with van der Waals surface area (Å²) in [4.78, 5) is 69.3. The van der Waals surface area contributed by atoms with Crippen LogP contribution in [0.15, 0.2) is 54.9 Å². The van der Waals surface area contributed by atoms with E-state index in [0.717, 1.165) is 13.8 Å². The van der Waals surface area contributed by atoms with Gasteiger partial charge < -0.3 is 33.5 Å². The van der Waals surface area contributed by atoms with Crippen molar-refractivity contribution in [2.75, 3.05) is 6.61 Å². The molecule has 47 heavy (non-hydrogen) atoms. The first-order valence-corrected chi connectivity index (χ1v) is 15.3. The van der Waals surface area contributed by atoms with Gasteiger partial charge in [-0.2, -0.15) is 0 Å². The molecule has 13 nitrogen and oxygen atoms in total. The van der Waals surface area contributed by atoms with Gasteiger partial charge in [-0.3, -0.25) is 19.4 Å². The van der Waals surface area contributed by atoms with Gasteiger partial charge >= 0.3 is 29.8 Å². The first-order chi connectivity index (χ1) is 22.1. The Morgan fingerprint density at radius 3 is 2.06 bits per heavy atom. The van der Waals surface area contributed by atoms with Crippen molar-refractivity contribution in [3.05, 3.63) is 66.0 Å². The Balaban J connectivity index is 1.81. The highest BCUT2D eigenvalue weighted by atomic mass is 16.6. The zero-order chi connectivity index (χ0) is 34.4. The Hall–Kier alpha value is -4.36. The van der Waals surface area contributed by atoms with Gasteiger partial charge in [0.1, 0.15) is 30.3 Å². The van der Waals surface area contributed by atoms with Crippen molar-refractivity contribution in [1.82, 2.24) is 4.98 Å². The lowest BCUT2D eigenvalue weighted by Gasteiger charge is -2.65. The standard InChI is InChI=1S/C34H39NO12/c1-19(36)42-18-33-26(45-29(39)22-11-8-7-9-12-22)15-24-27(44-21(3)38)34(33,47-31(24,4)5)32(6,41)16-25(43-20(2)37)28(33)46-30(40)23-13-10-14-35-17-23/h7-14,17,24-28,41H,15-16,18H2,1-6H3/t24-,25+,26+,27-,28+,32+,33-,34+/m1/s1. The lowest BCUT2D eigenvalue weighted by molar-refractivity contribution is -0.354. The smallest absolute Gasteiger partial charge is 0.340 e. The number of aliphatic hydroxyl groups is 1. The Bertz CT molecular complexity index is 1540. The van der Waals surface area contributed by atoms with Gasteiger partial charge in [-0.1, -0.05) is 18.2 Å². The minimum Gasteiger partial charge on any atom is -0.465 e. The van der Waals surface area contributed by atoms with Gasteiger partial charge in [0.25, 0.3) is 0 Å². The summed E-state index contributed by atoms with van der Waals surface area (Å²) in [6.07, 6.45) is -3.15. The molecule has 252 valence electrons. The predicted molar refractivity (Wildman–Crippen MR) is 161 cm³/mol. The quantitative estimate of drug-likeness (QED) is 0.326. The van der Waals surface area contributed by atoms with Crippen LogP contribution in [0.2, 0.25) is 0 Å². The van der Waals surface area contributed by atoms with E-state index in [2.05, 4.69) is 4.98 Å². The van der Waals surface area contributed by atoms with E-state index in [4.69, 9.17) is 28.4 Å². The van der Waals surface area contributed by atoms with Gasteiger partial charge in [-0.05, 0) is 51.5 Å². The van der Waals surface area contributed by atoms with Crippen LogP contribution >= 0.6 is 0 Å². The van der Waals surface area contributed by atoms with Crippen LogP contribution in [0, 0.1) is 11.3 Å². The first-order valence-electron chi connectivity index (χ1n) is 15.3. The molecule has 1 saturated heterocycles. The van der Waals surface area contributed by atoms with Crippen molar-refractivity contribution in [1.29, 1.82) is 0 Å². The number of benzene rings is 1. The summed E-state index contributed by atoms with van der Waals surface area (Å²) in [5.74, 6) is -4.53. The largest absolute Gasteiger partial charge is 0.465 e. The minimum absolute atomic E-state index is 0.0406. The van der Waals surface area contributed by atoms with Crippen LogP contribution in [0.3, 0.4) is 0 Å². The monoisotopic (exact) mass is 653 g/mol. The third-order valence-electron chi connectivity index (χ3n) is 9.58. The molecule has 1 spiro atoms. The summed E-state index contributed by atoms with van der Waals surface area (Å²) < 4.78 is 36.7. The molecule has 0 radical (unpaired) electrons. The van der Waals surface area contributed by atoms with E-state index in [1.54, 1.807) is 44.2 Å². The number of ether oxygens (including phenoxy) is 6. The molecular formula is C34H39NO12. The van der Waals surface area contributed by atoms with Crippen LogP contribution < -0.4 is 0 Å². The number of fused-ring (bicyclic) bond motifs is 1. The second-order valence-electron chi connectivity index (χ2n) is 13.1. The van der Waals surface area contributed by atoms with E-state index in [1.165, 1.54) is 38.4 Å². The molecule has 2 saturated carbocycles. The molecule has 2 heterocycles. The molecular weight excluding hydrogens is 614 g/mol. The molecule has 0 amide bonds. The summed E-state index contributed by atoms with van der Waals surface area (Å²) in [7, 11) is 0. The summed E-state index contributed by atoms with van der Waals surface area (Å²) >= 11 is 0. The number of hydrogen-bond acceptors (Lipinski definition) is 13. The van der Waals surface area contributed by atoms with E-state index >= 15 is 0 Å². The molecule has 13 heteroatoms. The van der Waals surface area contributed by atoms with Gasteiger partial charge in [0.05, 0.1) is 22.3 Å². The highest BCUT2D eigenvalue weighted by Gasteiger charge is 2.86. The van der Waals surface area contributed by atoms with Crippen LogP contribution in [0.25, 0.3) is 0 Å². The van der Waals surface area contributed by atoms with Crippen LogP contribution in [0.4, 0.5) is 0 Å². The summed E-state index contributed by atoms with van der Waals surface area (Å²) in [5.41, 5.74) is -7.00. The van der Waals surface area contributed by atoms with E-state index < -0.39 is 89.0 Å². The summed E-state index contributed by atoms with van der Waals surface area (Å²) in [5, 5.41) is 12.6. The zero-order valence-corrected chi connectivity index (χ0v) is 27.1. The van der Waals surface area contributed by atoms with Crippen molar-refractivity contribution >= 4 is 29.8 Å². The molecule has 2 aliphatic carbocycles. The van der Waals surface area contributed by atoms with E-state index in [-0.39, 0.29) is 24.0 Å². The molecule has 2 bridgehead atoms. The number of hydrogen-bond donors (Lipinski definition) is 1. The van der Waals surface area contributed by atoms with Crippen molar-refractivity contribution in [3.8, 4) is 0 Å². The predicted octanol–water partition coefficient (Wildman–Crippen LogP) is 2.97.